The molecule has 0 aliphatic carbocycles. The molecule has 0 spiro atoms. The lowest BCUT2D eigenvalue weighted by Gasteiger charge is -2.14. The molecule has 1 aromatic carbocycles. The molecule has 0 atom stereocenters. The van der Waals surface area contributed by atoms with Crippen LogP contribution in [-0.4, -0.2) is 32.3 Å². The largest absolute Gasteiger partial charge is 0.335 e. The molecule has 136 valence electrons. The Morgan fingerprint density at radius 3 is 2.69 bits per heavy atom. The number of anilines is 1. The molecule has 3 aromatic rings. The normalized spacial score (nSPS) is 10.9. The maximum absolute atomic E-state index is 11.6. The van der Waals surface area contributed by atoms with Gasteiger partial charge in [-0.15, -0.1) is 21.5 Å². The zero-order valence-corrected chi connectivity index (χ0v) is 16.5. The van der Waals surface area contributed by atoms with Gasteiger partial charge in [0.2, 0.25) is 11.1 Å². The van der Waals surface area contributed by atoms with Crippen molar-refractivity contribution in [3.05, 3.63) is 40.9 Å². The number of nitrogens with two attached hydrogens (primary N) is 1. The van der Waals surface area contributed by atoms with Crippen molar-refractivity contribution in [2.24, 2.45) is 0 Å². The van der Waals surface area contributed by atoms with Gasteiger partial charge in [-0.25, -0.2) is 9.66 Å². The van der Waals surface area contributed by atoms with Gasteiger partial charge in [-0.05, 0) is 13.8 Å². The van der Waals surface area contributed by atoms with Crippen molar-refractivity contribution < 1.29 is 4.79 Å². The number of benzene rings is 1. The molecular weight excluding hydrogens is 368 g/mol. The van der Waals surface area contributed by atoms with Crippen LogP contribution in [0.3, 0.4) is 0 Å². The van der Waals surface area contributed by atoms with Crippen LogP contribution in [0.15, 0.2) is 34.8 Å². The molecule has 7 nitrogen and oxygen atoms in total. The van der Waals surface area contributed by atoms with E-state index in [1.54, 1.807) is 11.8 Å². The number of carbonyl (C=O) groups excluding carboxylic acids is 1. The summed E-state index contributed by atoms with van der Waals surface area (Å²) in [7, 11) is 0. The first-order valence-electron chi connectivity index (χ1n) is 8.12. The van der Waals surface area contributed by atoms with Crippen LogP contribution in [-0.2, 0) is 10.5 Å². The molecule has 1 amide bonds. The first-order chi connectivity index (χ1) is 12.5. The van der Waals surface area contributed by atoms with Crippen LogP contribution in [0.1, 0.15) is 25.1 Å². The number of aromatic nitrogens is 4. The van der Waals surface area contributed by atoms with Crippen molar-refractivity contribution in [2.75, 3.05) is 17.3 Å². The fraction of sp³-hybridized carbons (Fsp3) is 0.294. The predicted molar refractivity (Wildman–Crippen MR) is 106 cm³/mol. The molecule has 0 unspecified atom stereocenters. The molecule has 0 fully saturated rings. The van der Waals surface area contributed by atoms with E-state index in [1.165, 1.54) is 33.3 Å². The first-order valence-corrected chi connectivity index (χ1v) is 9.99. The summed E-state index contributed by atoms with van der Waals surface area (Å²) in [4.78, 5) is 17.8. The van der Waals surface area contributed by atoms with Gasteiger partial charge in [0.25, 0.3) is 0 Å². The zero-order valence-electron chi connectivity index (χ0n) is 14.8. The molecule has 2 N–H and O–H groups in total. The average Bonchev–Trinajstić information content (AvgIpc) is 3.21. The summed E-state index contributed by atoms with van der Waals surface area (Å²) in [5, 5.41) is 11.7. The second-order valence-electron chi connectivity index (χ2n) is 5.72. The Hall–Kier alpha value is -2.39. The minimum absolute atomic E-state index is 0.00880. The van der Waals surface area contributed by atoms with Gasteiger partial charge < -0.3 is 5.84 Å². The summed E-state index contributed by atoms with van der Waals surface area (Å²) in [6, 6.07) is 7.99. The van der Waals surface area contributed by atoms with Gasteiger partial charge >= 0.3 is 0 Å². The number of nitrogens with zero attached hydrogens (tertiary/aromatic N) is 5. The second-order valence-corrected chi connectivity index (χ2v) is 7.49. The minimum Gasteiger partial charge on any atom is -0.335 e. The van der Waals surface area contributed by atoms with Crippen molar-refractivity contribution in [1.82, 2.24) is 19.9 Å². The lowest BCUT2D eigenvalue weighted by Crippen LogP contribution is -2.27. The van der Waals surface area contributed by atoms with E-state index in [2.05, 4.69) is 15.2 Å². The smallest absolute Gasteiger partial charge is 0.225 e. The summed E-state index contributed by atoms with van der Waals surface area (Å²) in [6.07, 6.45) is 0. The Kier molecular flexibility index (Phi) is 5.58. The number of hydrogen-bond acceptors (Lipinski definition) is 7. The van der Waals surface area contributed by atoms with E-state index in [1.807, 2.05) is 43.5 Å². The van der Waals surface area contributed by atoms with Gasteiger partial charge in [-0.3, -0.25) is 9.69 Å². The van der Waals surface area contributed by atoms with E-state index >= 15 is 0 Å². The predicted octanol–water partition coefficient (Wildman–Crippen LogP) is 3.09. The highest BCUT2D eigenvalue weighted by Gasteiger charge is 2.15. The van der Waals surface area contributed by atoms with E-state index in [0.29, 0.717) is 28.4 Å². The molecule has 0 aliphatic heterocycles. The summed E-state index contributed by atoms with van der Waals surface area (Å²) in [6.45, 7) is 6.11. The molecular formula is C17H20N6OS2. The molecule has 0 radical (unpaired) electrons. The molecule has 2 aromatic heterocycles. The number of aryl methyl sites for hydroxylation is 1. The van der Waals surface area contributed by atoms with Gasteiger partial charge in [-0.2, -0.15) is 0 Å². The van der Waals surface area contributed by atoms with Crippen molar-refractivity contribution >= 4 is 34.1 Å². The molecule has 3 rings (SSSR count). The molecule has 0 aliphatic rings. The van der Waals surface area contributed by atoms with Gasteiger partial charge in [0.15, 0.2) is 11.0 Å². The summed E-state index contributed by atoms with van der Waals surface area (Å²) >= 11 is 2.92. The van der Waals surface area contributed by atoms with E-state index in [0.717, 1.165) is 11.3 Å². The number of rotatable bonds is 6. The number of thioether (sulfide) groups is 1. The molecule has 2 heterocycles. The van der Waals surface area contributed by atoms with E-state index in [9.17, 15) is 4.79 Å². The standard InChI is InChI=1S/C17H20N6OS2/c1-4-22(12(3)24)16-19-14(9-25-16)10-26-17-21-20-15(23(17)18)13-7-5-11(2)6-8-13/h5-9H,4,10,18H2,1-3H3. The van der Waals surface area contributed by atoms with E-state index < -0.39 is 0 Å². The fourth-order valence-electron chi connectivity index (χ4n) is 2.39. The van der Waals surface area contributed by atoms with Crippen LogP contribution >= 0.6 is 23.1 Å². The number of hydrogen-bond donors (Lipinski definition) is 1. The number of amides is 1. The van der Waals surface area contributed by atoms with Crippen molar-refractivity contribution in [3.8, 4) is 11.4 Å². The Bertz CT molecular complexity index is 902. The summed E-state index contributed by atoms with van der Waals surface area (Å²) < 4.78 is 1.50. The lowest BCUT2D eigenvalue weighted by molar-refractivity contribution is -0.116. The topological polar surface area (TPSA) is 89.9 Å². The van der Waals surface area contributed by atoms with Crippen LogP contribution in [0.5, 0.6) is 0 Å². The van der Waals surface area contributed by atoms with Crippen molar-refractivity contribution in [1.29, 1.82) is 0 Å². The van der Waals surface area contributed by atoms with Gasteiger partial charge in [0, 0.05) is 30.2 Å². The van der Waals surface area contributed by atoms with Gasteiger partial charge in [0.05, 0.1) is 5.69 Å². The Labute approximate surface area is 160 Å². The Morgan fingerprint density at radius 1 is 1.31 bits per heavy atom. The first kappa shape index (κ1) is 18.4. The van der Waals surface area contributed by atoms with Crippen LogP contribution < -0.4 is 10.7 Å². The Balaban J connectivity index is 1.70. The summed E-state index contributed by atoms with van der Waals surface area (Å²) in [5.41, 5.74) is 2.99. The average molecular weight is 389 g/mol. The van der Waals surface area contributed by atoms with Crippen LogP contribution in [0.25, 0.3) is 11.4 Å². The third kappa shape index (κ3) is 3.88. The number of thiazole rings is 1. The molecule has 0 saturated heterocycles. The van der Waals surface area contributed by atoms with Gasteiger partial charge in [0.1, 0.15) is 0 Å². The summed E-state index contributed by atoms with van der Waals surface area (Å²) in [5.74, 6) is 7.38. The fourth-order valence-corrected chi connectivity index (χ4v) is 4.18. The van der Waals surface area contributed by atoms with Crippen LogP contribution in [0.2, 0.25) is 0 Å². The van der Waals surface area contributed by atoms with Crippen molar-refractivity contribution in [2.45, 2.75) is 31.7 Å². The number of nitrogen functional groups attached to an aromatic ring is 1. The minimum atomic E-state index is -0.00880. The zero-order chi connectivity index (χ0) is 18.7. The highest BCUT2D eigenvalue weighted by Crippen LogP contribution is 2.27. The maximum atomic E-state index is 11.6. The molecule has 0 saturated carbocycles. The highest BCUT2D eigenvalue weighted by molar-refractivity contribution is 7.98. The van der Waals surface area contributed by atoms with E-state index in [4.69, 9.17) is 5.84 Å². The maximum Gasteiger partial charge on any atom is 0.225 e. The molecule has 0 bridgehead atoms. The molecule has 26 heavy (non-hydrogen) atoms. The van der Waals surface area contributed by atoms with Crippen LogP contribution in [0, 0.1) is 6.92 Å². The quantitative estimate of drug-likeness (QED) is 0.515. The highest BCUT2D eigenvalue weighted by atomic mass is 32.2. The SMILES string of the molecule is CCN(C(C)=O)c1nc(CSc2nnc(-c3ccc(C)cc3)n2N)cs1. The van der Waals surface area contributed by atoms with Gasteiger partial charge in [-0.1, -0.05) is 41.6 Å². The second kappa shape index (κ2) is 7.88. The third-order valence-corrected chi connectivity index (χ3v) is 5.68. The number of carbonyl (C=O) groups is 1. The Morgan fingerprint density at radius 2 is 2.04 bits per heavy atom. The van der Waals surface area contributed by atoms with E-state index in [-0.39, 0.29) is 5.91 Å². The molecule has 9 heteroatoms. The van der Waals surface area contributed by atoms with Crippen LogP contribution in [0.4, 0.5) is 5.13 Å². The third-order valence-electron chi connectivity index (χ3n) is 3.79. The monoisotopic (exact) mass is 388 g/mol. The lowest BCUT2D eigenvalue weighted by atomic mass is 10.1. The van der Waals surface area contributed by atoms with Crippen molar-refractivity contribution in [3.63, 3.8) is 0 Å².